The van der Waals surface area contributed by atoms with Crippen molar-refractivity contribution in [1.82, 2.24) is 0 Å². The summed E-state index contributed by atoms with van der Waals surface area (Å²) in [6.45, 7) is 2.02. The van der Waals surface area contributed by atoms with Gasteiger partial charge in [0.05, 0.1) is 15.7 Å². The number of benzene rings is 1. The summed E-state index contributed by atoms with van der Waals surface area (Å²) in [6.07, 6.45) is 2.46. The fraction of sp³-hybridized carbons (Fsp3) is 0.333. The second-order valence-electron chi connectivity index (χ2n) is 2.61. The van der Waals surface area contributed by atoms with Gasteiger partial charge in [0.25, 0.3) is 0 Å². The van der Waals surface area contributed by atoms with E-state index in [-0.39, 0.29) is 5.75 Å². The van der Waals surface area contributed by atoms with Crippen LogP contribution in [-0.2, 0) is 17.2 Å². The SMILES string of the molecule is CCc1ccc(O)c(S(C)=O)c1. The molecule has 0 spiro atoms. The molecule has 0 aromatic heterocycles. The first-order valence-corrected chi connectivity index (χ1v) is 5.36. The molecule has 0 aliphatic rings. The summed E-state index contributed by atoms with van der Waals surface area (Å²) in [7, 11) is -1.10. The Morgan fingerprint density at radius 1 is 1.50 bits per heavy atom. The van der Waals surface area contributed by atoms with E-state index in [2.05, 4.69) is 0 Å². The van der Waals surface area contributed by atoms with Crippen molar-refractivity contribution >= 4 is 10.8 Å². The van der Waals surface area contributed by atoms with Crippen LogP contribution in [0.1, 0.15) is 12.5 Å². The Kier molecular flexibility index (Phi) is 2.87. The van der Waals surface area contributed by atoms with Crippen molar-refractivity contribution in [3.63, 3.8) is 0 Å². The first-order chi connectivity index (χ1) is 5.65. The van der Waals surface area contributed by atoms with Crippen LogP contribution in [-0.4, -0.2) is 15.6 Å². The predicted molar refractivity (Wildman–Crippen MR) is 49.8 cm³/mol. The van der Waals surface area contributed by atoms with E-state index in [4.69, 9.17) is 0 Å². The molecule has 0 amide bonds. The van der Waals surface area contributed by atoms with Crippen LogP contribution in [0.5, 0.6) is 5.75 Å². The summed E-state index contributed by atoms with van der Waals surface area (Å²) in [5.74, 6) is 0.119. The van der Waals surface area contributed by atoms with E-state index >= 15 is 0 Å². The van der Waals surface area contributed by atoms with Gasteiger partial charge in [-0.05, 0) is 24.1 Å². The van der Waals surface area contributed by atoms with E-state index in [9.17, 15) is 9.32 Å². The van der Waals surface area contributed by atoms with Gasteiger partial charge in [-0.1, -0.05) is 13.0 Å². The summed E-state index contributed by atoms with van der Waals surface area (Å²) in [5, 5.41) is 9.31. The monoisotopic (exact) mass is 184 g/mol. The van der Waals surface area contributed by atoms with E-state index in [1.807, 2.05) is 13.0 Å². The molecule has 1 rings (SSSR count). The number of hydrogen-bond donors (Lipinski definition) is 1. The maximum Gasteiger partial charge on any atom is 0.131 e. The summed E-state index contributed by atoms with van der Waals surface area (Å²) < 4.78 is 11.1. The van der Waals surface area contributed by atoms with Gasteiger partial charge in [-0.15, -0.1) is 0 Å². The van der Waals surface area contributed by atoms with E-state index in [0.29, 0.717) is 4.90 Å². The van der Waals surface area contributed by atoms with Crippen molar-refractivity contribution in [2.24, 2.45) is 0 Å². The number of aryl methyl sites for hydroxylation is 1. The Morgan fingerprint density at radius 2 is 2.17 bits per heavy atom. The Balaban J connectivity index is 3.17. The van der Waals surface area contributed by atoms with Gasteiger partial charge in [-0.25, -0.2) is 0 Å². The molecular weight excluding hydrogens is 172 g/mol. The van der Waals surface area contributed by atoms with E-state index in [0.717, 1.165) is 12.0 Å². The zero-order valence-corrected chi connectivity index (χ0v) is 8.02. The average molecular weight is 184 g/mol. The lowest BCUT2D eigenvalue weighted by atomic mass is 10.2. The molecule has 0 aliphatic carbocycles. The smallest absolute Gasteiger partial charge is 0.131 e. The summed E-state index contributed by atoms with van der Waals surface area (Å²) in [5.41, 5.74) is 1.10. The molecular formula is C9H12O2S. The summed E-state index contributed by atoms with van der Waals surface area (Å²) in [4.78, 5) is 0.523. The molecule has 66 valence electrons. The van der Waals surface area contributed by atoms with E-state index < -0.39 is 10.8 Å². The van der Waals surface area contributed by atoms with Gasteiger partial charge in [0.1, 0.15) is 5.75 Å². The standard InChI is InChI=1S/C9H12O2S/c1-3-7-4-5-8(10)9(6-7)12(2)11/h4-6,10H,3H2,1-2H3. The van der Waals surface area contributed by atoms with Crippen LogP contribution in [0.3, 0.4) is 0 Å². The highest BCUT2D eigenvalue weighted by Gasteiger charge is 2.04. The van der Waals surface area contributed by atoms with E-state index in [1.54, 1.807) is 18.4 Å². The molecule has 1 unspecified atom stereocenters. The fourth-order valence-electron chi connectivity index (χ4n) is 1.01. The highest BCUT2D eigenvalue weighted by atomic mass is 32.2. The number of phenolic OH excluding ortho intramolecular Hbond substituents is 1. The van der Waals surface area contributed by atoms with Gasteiger partial charge in [-0.3, -0.25) is 4.21 Å². The second kappa shape index (κ2) is 3.72. The van der Waals surface area contributed by atoms with E-state index in [1.165, 1.54) is 0 Å². The molecule has 0 saturated carbocycles. The lowest BCUT2D eigenvalue weighted by molar-refractivity contribution is 0.461. The molecule has 1 aromatic carbocycles. The van der Waals surface area contributed by atoms with Crippen molar-refractivity contribution in [1.29, 1.82) is 0 Å². The Morgan fingerprint density at radius 3 is 2.67 bits per heavy atom. The minimum atomic E-state index is -1.10. The number of phenols is 1. The maximum atomic E-state index is 11.1. The van der Waals surface area contributed by atoms with Crippen molar-refractivity contribution < 1.29 is 9.32 Å². The van der Waals surface area contributed by atoms with Crippen LogP contribution in [0.25, 0.3) is 0 Å². The van der Waals surface area contributed by atoms with Crippen LogP contribution in [0.2, 0.25) is 0 Å². The van der Waals surface area contributed by atoms with Gasteiger partial charge in [0.2, 0.25) is 0 Å². The third-order valence-electron chi connectivity index (χ3n) is 1.74. The zero-order chi connectivity index (χ0) is 9.14. The van der Waals surface area contributed by atoms with Gasteiger partial charge >= 0.3 is 0 Å². The molecule has 3 heteroatoms. The van der Waals surface area contributed by atoms with Crippen LogP contribution in [0.15, 0.2) is 23.1 Å². The lowest BCUT2D eigenvalue weighted by Gasteiger charge is -2.02. The number of hydrogen-bond acceptors (Lipinski definition) is 2. The number of rotatable bonds is 2. The Labute approximate surface area is 74.7 Å². The molecule has 1 aromatic rings. The molecule has 0 saturated heterocycles. The Hall–Kier alpha value is -0.830. The highest BCUT2D eigenvalue weighted by molar-refractivity contribution is 7.84. The highest BCUT2D eigenvalue weighted by Crippen LogP contribution is 2.21. The topological polar surface area (TPSA) is 37.3 Å². The number of aromatic hydroxyl groups is 1. The van der Waals surface area contributed by atoms with Crippen LogP contribution >= 0.6 is 0 Å². The quantitative estimate of drug-likeness (QED) is 0.759. The average Bonchev–Trinajstić information content (AvgIpc) is 2.05. The third kappa shape index (κ3) is 1.85. The molecule has 0 aliphatic heterocycles. The van der Waals surface area contributed by atoms with Crippen molar-refractivity contribution in [2.45, 2.75) is 18.2 Å². The van der Waals surface area contributed by atoms with Crippen molar-refractivity contribution in [3.05, 3.63) is 23.8 Å². The van der Waals surface area contributed by atoms with Crippen LogP contribution in [0.4, 0.5) is 0 Å². The predicted octanol–water partition coefficient (Wildman–Crippen LogP) is 1.69. The Bertz CT molecular complexity index is 307. The minimum absolute atomic E-state index is 0.119. The first kappa shape index (κ1) is 9.26. The normalized spacial score (nSPS) is 12.8. The molecule has 2 nitrogen and oxygen atoms in total. The first-order valence-electron chi connectivity index (χ1n) is 3.80. The zero-order valence-electron chi connectivity index (χ0n) is 7.20. The molecule has 0 heterocycles. The molecule has 12 heavy (non-hydrogen) atoms. The minimum Gasteiger partial charge on any atom is -0.507 e. The van der Waals surface area contributed by atoms with Gasteiger partial charge < -0.3 is 5.11 Å². The third-order valence-corrected chi connectivity index (χ3v) is 2.69. The van der Waals surface area contributed by atoms with Gasteiger partial charge in [0, 0.05) is 6.26 Å². The summed E-state index contributed by atoms with van der Waals surface area (Å²) >= 11 is 0. The lowest BCUT2D eigenvalue weighted by Crippen LogP contribution is -1.90. The second-order valence-corrected chi connectivity index (χ2v) is 3.96. The van der Waals surface area contributed by atoms with Gasteiger partial charge in [-0.2, -0.15) is 0 Å². The maximum absolute atomic E-state index is 11.1. The molecule has 0 radical (unpaired) electrons. The molecule has 0 bridgehead atoms. The van der Waals surface area contributed by atoms with Crippen LogP contribution in [0, 0.1) is 0 Å². The summed E-state index contributed by atoms with van der Waals surface area (Å²) in [6, 6.07) is 5.21. The van der Waals surface area contributed by atoms with Crippen molar-refractivity contribution in [2.75, 3.05) is 6.26 Å². The molecule has 1 atom stereocenters. The largest absolute Gasteiger partial charge is 0.507 e. The van der Waals surface area contributed by atoms with Gasteiger partial charge in [0.15, 0.2) is 0 Å². The van der Waals surface area contributed by atoms with Crippen molar-refractivity contribution in [3.8, 4) is 5.75 Å². The molecule has 1 N–H and O–H groups in total. The molecule has 0 fully saturated rings. The fourth-order valence-corrected chi connectivity index (χ4v) is 1.69. The van der Waals surface area contributed by atoms with Crippen LogP contribution < -0.4 is 0 Å².